The van der Waals surface area contributed by atoms with Crippen LogP contribution in [0, 0.1) is 34.5 Å². The van der Waals surface area contributed by atoms with E-state index in [9.17, 15) is 27.6 Å². The molecule has 264 valence electrons. The Balaban J connectivity index is 1.09. The average molecular weight is 685 g/mol. The zero-order valence-electron chi connectivity index (χ0n) is 28.6. The van der Waals surface area contributed by atoms with Crippen LogP contribution in [0.2, 0.25) is 0 Å². The van der Waals surface area contributed by atoms with Crippen molar-refractivity contribution in [3.05, 3.63) is 59.2 Å². The van der Waals surface area contributed by atoms with Gasteiger partial charge in [0.1, 0.15) is 17.3 Å². The lowest BCUT2D eigenvalue weighted by molar-refractivity contribution is -0.279. The quantitative estimate of drug-likeness (QED) is 0.259. The van der Waals surface area contributed by atoms with E-state index in [2.05, 4.69) is 13.8 Å². The number of methoxy groups -OCH3 is 1. The zero-order valence-corrected chi connectivity index (χ0v) is 28.6. The number of halogens is 3. The van der Waals surface area contributed by atoms with Crippen LogP contribution in [0.5, 0.6) is 0 Å². The molecule has 3 saturated carbocycles. The number of ether oxygens (including phenoxy) is 5. The second-order valence-electron chi connectivity index (χ2n) is 15.9. The lowest BCUT2D eigenvalue weighted by Crippen LogP contribution is -2.65. The van der Waals surface area contributed by atoms with E-state index in [1.807, 2.05) is 13.8 Å². The van der Waals surface area contributed by atoms with Crippen LogP contribution in [-0.2, 0) is 43.7 Å². The second-order valence-corrected chi connectivity index (χ2v) is 15.9. The fourth-order valence-electron chi connectivity index (χ4n) is 11.6. The number of ketones is 1. The molecule has 5 fully saturated rings. The van der Waals surface area contributed by atoms with Crippen LogP contribution >= 0.6 is 0 Å². The van der Waals surface area contributed by atoms with Gasteiger partial charge in [0.15, 0.2) is 11.9 Å². The fourth-order valence-corrected chi connectivity index (χ4v) is 11.6. The number of cyclic esters (lactones) is 1. The molecular weight excluding hydrogens is 641 g/mol. The van der Waals surface area contributed by atoms with E-state index in [-0.39, 0.29) is 53.0 Å². The highest BCUT2D eigenvalue weighted by molar-refractivity contribution is 5.98. The second kappa shape index (κ2) is 10.3. The van der Waals surface area contributed by atoms with Gasteiger partial charge in [0.2, 0.25) is 0 Å². The van der Waals surface area contributed by atoms with Gasteiger partial charge in [-0.15, -0.1) is 0 Å². The van der Waals surface area contributed by atoms with Crippen LogP contribution in [0.4, 0.5) is 13.2 Å². The van der Waals surface area contributed by atoms with E-state index < -0.39 is 52.1 Å². The third-order valence-electron chi connectivity index (χ3n) is 14.5. The molecule has 4 aliphatic carbocycles. The van der Waals surface area contributed by atoms with Crippen LogP contribution in [0.25, 0.3) is 0 Å². The number of carbonyl (C=O) groups is 3. The van der Waals surface area contributed by atoms with Gasteiger partial charge in [-0.05, 0) is 76.4 Å². The summed E-state index contributed by atoms with van der Waals surface area (Å²) in [4.78, 5) is 40.4. The summed E-state index contributed by atoms with van der Waals surface area (Å²) in [6.07, 6.45) is -0.834. The van der Waals surface area contributed by atoms with E-state index in [0.717, 1.165) is 25.5 Å². The highest BCUT2D eigenvalue weighted by atomic mass is 19.4. The first-order chi connectivity index (χ1) is 23.0. The van der Waals surface area contributed by atoms with Gasteiger partial charge in [0.25, 0.3) is 5.60 Å². The number of benzene rings is 1. The summed E-state index contributed by atoms with van der Waals surface area (Å²) in [7, 11) is 0.839. The van der Waals surface area contributed by atoms with Crippen molar-refractivity contribution in [1.29, 1.82) is 0 Å². The predicted molar refractivity (Wildman–Crippen MR) is 168 cm³/mol. The zero-order chi connectivity index (χ0) is 35.1. The average Bonchev–Trinajstić information content (AvgIpc) is 3.96. The van der Waals surface area contributed by atoms with Crippen molar-refractivity contribution in [3.63, 3.8) is 0 Å². The normalized spacial score (nSPS) is 45.1. The van der Waals surface area contributed by atoms with Gasteiger partial charge in [-0.1, -0.05) is 49.8 Å². The summed E-state index contributed by atoms with van der Waals surface area (Å²) in [5.74, 6) is -1.92. The Bertz CT molecular complexity index is 1690. The molecule has 0 bridgehead atoms. The number of carbonyl (C=O) groups excluding carboxylic acids is 3. The Hall–Kier alpha value is -3.02. The molecule has 8 nitrogen and oxygen atoms in total. The maximum Gasteiger partial charge on any atom is 0.432 e. The molecule has 7 aliphatic rings. The molecule has 1 spiro atoms. The van der Waals surface area contributed by atoms with Crippen LogP contribution in [0.1, 0.15) is 72.3 Å². The molecule has 49 heavy (non-hydrogen) atoms. The minimum atomic E-state index is -5.13. The number of esters is 2. The summed E-state index contributed by atoms with van der Waals surface area (Å²) >= 11 is 0. The molecule has 1 aromatic carbocycles. The van der Waals surface area contributed by atoms with Crippen molar-refractivity contribution < 1.29 is 51.2 Å². The predicted octanol–water partition coefficient (Wildman–Crippen LogP) is 6.17. The molecule has 1 aromatic rings. The van der Waals surface area contributed by atoms with Gasteiger partial charge in [0.05, 0.1) is 17.6 Å². The van der Waals surface area contributed by atoms with Crippen molar-refractivity contribution in [2.24, 2.45) is 34.5 Å². The Morgan fingerprint density at radius 1 is 1.02 bits per heavy atom. The standard InChI is InChI=1S/C38H43F3O8/c1-19-16-26(46-31(43)20(19)2)21(3)35-30(48-35)18-25-23-17-29-37(49-29)28(13-12-27(42)34(37,5)24(23)14-15-33(25,35)4)47-32(44)36(45-6,38(39,40)41)22-10-8-7-9-11-22/h7-13,21,23-26,28-30H,14-18H2,1-6H3/t21-,23-,24+,25+,26-,28+,29-,30-,33+,34+,35-,36+,37-/m1/s1. The molecule has 2 saturated heterocycles. The van der Waals surface area contributed by atoms with Crippen LogP contribution in [-0.4, -0.2) is 66.6 Å². The van der Waals surface area contributed by atoms with Gasteiger partial charge in [0, 0.05) is 36.0 Å². The maximum absolute atomic E-state index is 14.8. The third kappa shape index (κ3) is 3.90. The minimum absolute atomic E-state index is 0.0139. The van der Waals surface area contributed by atoms with Crippen molar-refractivity contribution in [2.75, 3.05) is 7.11 Å². The van der Waals surface area contributed by atoms with Crippen molar-refractivity contribution in [2.45, 2.75) is 114 Å². The maximum atomic E-state index is 14.8. The largest absolute Gasteiger partial charge is 0.458 e. The molecule has 8 rings (SSSR count). The summed E-state index contributed by atoms with van der Waals surface area (Å²) < 4.78 is 74.0. The molecule has 3 aliphatic heterocycles. The number of fused-ring (bicyclic) bond motifs is 6. The molecule has 0 unspecified atom stereocenters. The van der Waals surface area contributed by atoms with Crippen LogP contribution in [0.15, 0.2) is 53.6 Å². The molecule has 0 radical (unpaired) electrons. The highest BCUT2D eigenvalue weighted by Gasteiger charge is 2.85. The van der Waals surface area contributed by atoms with Gasteiger partial charge >= 0.3 is 18.1 Å². The Kier molecular flexibility index (Phi) is 6.96. The van der Waals surface area contributed by atoms with Gasteiger partial charge in [-0.2, -0.15) is 13.2 Å². The minimum Gasteiger partial charge on any atom is -0.458 e. The monoisotopic (exact) mass is 684 g/mol. The number of alkyl halides is 3. The number of allylic oxidation sites excluding steroid dienone is 1. The molecule has 11 heteroatoms. The first kappa shape index (κ1) is 33.1. The topological polar surface area (TPSA) is 104 Å². The summed E-state index contributed by atoms with van der Waals surface area (Å²) in [6, 6.07) is 6.72. The Morgan fingerprint density at radius 2 is 1.73 bits per heavy atom. The lowest BCUT2D eigenvalue weighted by atomic mass is 9.44. The van der Waals surface area contributed by atoms with Crippen molar-refractivity contribution in [3.8, 4) is 0 Å². The summed E-state index contributed by atoms with van der Waals surface area (Å²) in [5, 5.41) is 0. The number of rotatable bonds is 6. The van der Waals surface area contributed by atoms with E-state index in [0.29, 0.717) is 24.8 Å². The molecule has 0 N–H and O–H groups in total. The highest BCUT2D eigenvalue weighted by Crippen LogP contribution is 2.78. The third-order valence-corrected chi connectivity index (χ3v) is 14.5. The van der Waals surface area contributed by atoms with Gasteiger partial charge in [-0.25, -0.2) is 9.59 Å². The van der Waals surface area contributed by atoms with Gasteiger partial charge in [-0.3, -0.25) is 4.79 Å². The molecule has 3 heterocycles. The first-order valence-corrected chi connectivity index (χ1v) is 17.4. The SMILES string of the molecule is CO[C@](C(=O)O[C@H]1C=CC(=O)[C@]2(C)[C@H]3CC[C@@]4(C)[C@@H](C[C@H]5O[C@]54[C@H](C)[C@H]4CC(C)=C(C)C(=O)O4)[C@@H]3C[C@H]3O[C@]132)(c1ccccc1)C(F)(F)F. The van der Waals surface area contributed by atoms with E-state index in [4.69, 9.17) is 23.7 Å². The molecular formula is C38H43F3O8. The summed E-state index contributed by atoms with van der Waals surface area (Å²) in [5.41, 5.74) is -5.14. The Labute approximate surface area is 283 Å². The fraction of sp³-hybridized carbons (Fsp3) is 0.658. The van der Waals surface area contributed by atoms with E-state index >= 15 is 0 Å². The summed E-state index contributed by atoms with van der Waals surface area (Å²) in [6.45, 7) is 10.0. The Morgan fingerprint density at radius 3 is 2.39 bits per heavy atom. The smallest absolute Gasteiger partial charge is 0.432 e. The lowest BCUT2D eigenvalue weighted by Gasteiger charge is -2.59. The van der Waals surface area contributed by atoms with E-state index in [1.54, 1.807) is 13.0 Å². The van der Waals surface area contributed by atoms with E-state index in [1.165, 1.54) is 36.4 Å². The number of epoxide rings is 2. The number of hydrogen-bond donors (Lipinski definition) is 0. The molecule has 0 aromatic heterocycles. The van der Waals surface area contributed by atoms with Crippen LogP contribution < -0.4 is 0 Å². The molecule has 13 atom stereocenters. The van der Waals surface area contributed by atoms with Gasteiger partial charge < -0.3 is 23.7 Å². The van der Waals surface area contributed by atoms with Crippen molar-refractivity contribution in [1.82, 2.24) is 0 Å². The molecule has 0 amide bonds. The first-order valence-electron chi connectivity index (χ1n) is 17.4. The van der Waals surface area contributed by atoms with Crippen LogP contribution in [0.3, 0.4) is 0 Å². The van der Waals surface area contributed by atoms with Crippen molar-refractivity contribution >= 4 is 17.7 Å². The number of hydrogen-bond acceptors (Lipinski definition) is 8.